The smallest absolute Gasteiger partial charge is 0.270 e. The molecule has 6 heteroatoms. The number of halogens is 1. The summed E-state index contributed by atoms with van der Waals surface area (Å²) < 4.78 is 0.728. The molecule has 5 nitrogen and oxygen atoms in total. The van der Waals surface area contributed by atoms with Gasteiger partial charge in [-0.25, -0.2) is 0 Å². The van der Waals surface area contributed by atoms with Crippen molar-refractivity contribution in [3.63, 3.8) is 0 Å². The van der Waals surface area contributed by atoms with Crippen molar-refractivity contribution in [2.24, 2.45) is 0 Å². The number of amides is 1. The van der Waals surface area contributed by atoms with Crippen LogP contribution in [0.2, 0.25) is 0 Å². The Kier molecular flexibility index (Phi) is 4.07. The molecule has 1 fully saturated rings. The normalized spacial score (nSPS) is 16.5. The lowest BCUT2D eigenvalue weighted by molar-refractivity contribution is -0.384. The molecule has 1 aliphatic rings. The van der Waals surface area contributed by atoms with Crippen molar-refractivity contribution < 1.29 is 9.72 Å². The second kappa shape index (κ2) is 5.44. The summed E-state index contributed by atoms with van der Waals surface area (Å²) in [5, 5.41) is 13.8. The SMILES string of the molecule is CCC1(NC(=O)c2cc([N+](=O)[O-])ccc2I)CCC1. The Balaban J connectivity index is 2.23. The summed E-state index contributed by atoms with van der Waals surface area (Å²) in [6.45, 7) is 2.05. The van der Waals surface area contributed by atoms with Gasteiger partial charge in [0.15, 0.2) is 0 Å². The maximum Gasteiger partial charge on any atom is 0.270 e. The zero-order valence-electron chi connectivity index (χ0n) is 10.6. The first kappa shape index (κ1) is 14.2. The number of nitro groups is 1. The van der Waals surface area contributed by atoms with Crippen molar-refractivity contribution in [3.8, 4) is 0 Å². The Morgan fingerprint density at radius 2 is 2.21 bits per heavy atom. The summed E-state index contributed by atoms with van der Waals surface area (Å²) in [5.74, 6) is -0.213. The molecule has 102 valence electrons. The van der Waals surface area contributed by atoms with Gasteiger partial charge in [0.05, 0.1) is 10.5 Å². The molecule has 0 bridgehead atoms. The third-order valence-electron chi connectivity index (χ3n) is 3.77. The van der Waals surface area contributed by atoms with E-state index >= 15 is 0 Å². The van der Waals surface area contributed by atoms with Crippen molar-refractivity contribution in [1.82, 2.24) is 5.32 Å². The Labute approximate surface area is 125 Å². The molecule has 0 saturated heterocycles. The largest absolute Gasteiger partial charge is 0.347 e. The lowest BCUT2D eigenvalue weighted by Crippen LogP contribution is -2.53. The van der Waals surface area contributed by atoms with Crippen LogP contribution in [0.5, 0.6) is 0 Å². The topological polar surface area (TPSA) is 72.2 Å². The van der Waals surface area contributed by atoms with Crippen molar-refractivity contribution in [2.75, 3.05) is 0 Å². The molecule has 0 aliphatic heterocycles. The number of non-ortho nitro benzene ring substituents is 1. The van der Waals surface area contributed by atoms with Gasteiger partial charge in [-0.1, -0.05) is 6.92 Å². The summed E-state index contributed by atoms with van der Waals surface area (Å²) in [4.78, 5) is 22.6. The van der Waals surface area contributed by atoms with Crippen LogP contribution < -0.4 is 5.32 Å². The zero-order valence-corrected chi connectivity index (χ0v) is 12.8. The molecule has 1 N–H and O–H groups in total. The Morgan fingerprint density at radius 1 is 1.53 bits per heavy atom. The van der Waals surface area contributed by atoms with E-state index < -0.39 is 4.92 Å². The molecule has 0 heterocycles. The first-order valence-corrected chi connectivity index (χ1v) is 7.32. The van der Waals surface area contributed by atoms with E-state index in [9.17, 15) is 14.9 Å². The van der Waals surface area contributed by atoms with Gasteiger partial charge in [0.25, 0.3) is 11.6 Å². The van der Waals surface area contributed by atoms with Crippen LogP contribution in [0.1, 0.15) is 43.0 Å². The van der Waals surface area contributed by atoms with Gasteiger partial charge in [0.2, 0.25) is 0 Å². The quantitative estimate of drug-likeness (QED) is 0.500. The first-order chi connectivity index (χ1) is 8.97. The average molecular weight is 374 g/mol. The van der Waals surface area contributed by atoms with E-state index in [2.05, 4.69) is 12.2 Å². The summed E-state index contributed by atoms with van der Waals surface area (Å²) in [5.41, 5.74) is 0.226. The molecule has 0 aromatic heterocycles. The van der Waals surface area contributed by atoms with Crippen LogP contribution in [0.15, 0.2) is 18.2 Å². The average Bonchev–Trinajstić information content (AvgIpc) is 2.33. The predicted octanol–water partition coefficient (Wildman–Crippen LogP) is 3.26. The Hall–Kier alpha value is -1.18. The molecule has 2 rings (SSSR count). The van der Waals surface area contributed by atoms with Crippen LogP contribution in [-0.2, 0) is 0 Å². The fourth-order valence-corrected chi connectivity index (χ4v) is 2.86. The third kappa shape index (κ3) is 2.88. The molecule has 19 heavy (non-hydrogen) atoms. The highest BCUT2D eigenvalue weighted by Gasteiger charge is 2.37. The van der Waals surface area contributed by atoms with E-state index in [1.54, 1.807) is 6.07 Å². The van der Waals surface area contributed by atoms with Crippen LogP contribution in [0.3, 0.4) is 0 Å². The van der Waals surface area contributed by atoms with Crippen molar-refractivity contribution in [3.05, 3.63) is 37.4 Å². The second-order valence-corrected chi connectivity index (χ2v) is 6.03. The first-order valence-electron chi connectivity index (χ1n) is 6.24. The standard InChI is InChI=1S/C13H15IN2O3/c1-2-13(6-3-7-13)15-12(17)10-8-9(16(18)19)4-5-11(10)14/h4-5,8H,2-3,6-7H2,1H3,(H,15,17). The van der Waals surface area contributed by atoms with Crippen LogP contribution in [0.4, 0.5) is 5.69 Å². The lowest BCUT2D eigenvalue weighted by atomic mass is 9.74. The minimum atomic E-state index is -0.480. The van der Waals surface area contributed by atoms with Gasteiger partial charge in [-0.05, 0) is 54.3 Å². The summed E-state index contributed by atoms with van der Waals surface area (Å²) in [7, 11) is 0. The van der Waals surface area contributed by atoms with Gasteiger partial charge >= 0.3 is 0 Å². The molecule has 0 radical (unpaired) electrons. The maximum absolute atomic E-state index is 12.3. The number of carbonyl (C=O) groups excluding carboxylic acids is 1. The highest BCUT2D eigenvalue weighted by Crippen LogP contribution is 2.35. The number of carbonyl (C=O) groups is 1. The molecule has 1 aliphatic carbocycles. The molecule has 0 spiro atoms. The Bertz CT molecular complexity index is 521. The lowest BCUT2D eigenvalue weighted by Gasteiger charge is -2.42. The maximum atomic E-state index is 12.3. The van der Waals surface area contributed by atoms with E-state index in [1.165, 1.54) is 12.1 Å². The van der Waals surface area contributed by atoms with Crippen molar-refractivity contribution in [1.29, 1.82) is 0 Å². The number of nitrogens with one attached hydrogen (secondary N) is 1. The van der Waals surface area contributed by atoms with Gasteiger partial charge in [-0.3, -0.25) is 14.9 Å². The van der Waals surface area contributed by atoms with Gasteiger partial charge < -0.3 is 5.32 Å². The monoisotopic (exact) mass is 374 g/mol. The van der Waals surface area contributed by atoms with Gasteiger partial charge in [0.1, 0.15) is 0 Å². The molecule has 0 unspecified atom stereocenters. The minimum Gasteiger partial charge on any atom is -0.347 e. The van der Waals surface area contributed by atoms with E-state index in [0.29, 0.717) is 5.56 Å². The van der Waals surface area contributed by atoms with Gasteiger partial charge in [-0.15, -0.1) is 0 Å². The fourth-order valence-electron chi connectivity index (χ4n) is 2.28. The van der Waals surface area contributed by atoms with Crippen LogP contribution >= 0.6 is 22.6 Å². The van der Waals surface area contributed by atoms with Gasteiger partial charge in [0, 0.05) is 21.2 Å². The van der Waals surface area contributed by atoms with Crippen LogP contribution in [-0.4, -0.2) is 16.4 Å². The minimum absolute atomic E-state index is 0.0512. The number of hydrogen-bond donors (Lipinski definition) is 1. The molecular weight excluding hydrogens is 359 g/mol. The number of nitro benzene ring substituents is 1. The van der Waals surface area contributed by atoms with Crippen molar-refractivity contribution in [2.45, 2.75) is 38.1 Å². The summed E-state index contributed by atoms with van der Waals surface area (Å²) in [6, 6.07) is 4.36. The van der Waals surface area contributed by atoms with E-state index in [-0.39, 0.29) is 17.1 Å². The third-order valence-corrected chi connectivity index (χ3v) is 4.71. The number of rotatable bonds is 4. The fraction of sp³-hybridized carbons (Fsp3) is 0.462. The van der Waals surface area contributed by atoms with Crippen molar-refractivity contribution >= 4 is 34.2 Å². The van der Waals surface area contributed by atoms with E-state index in [0.717, 1.165) is 29.3 Å². The summed E-state index contributed by atoms with van der Waals surface area (Å²) >= 11 is 2.03. The van der Waals surface area contributed by atoms with E-state index in [1.807, 2.05) is 22.6 Å². The van der Waals surface area contributed by atoms with Crippen LogP contribution in [0.25, 0.3) is 0 Å². The number of benzene rings is 1. The van der Waals surface area contributed by atoms with Crippen LogP contribution in [0, 0.1) is 13.7 Å². The molecule has 1 aromatic carbocycles. The predicted molar refractivity (Wildman–Crippen MR) is 80.2 cm³/mol. The zero-order chi connectivity index (χ0) is 14.0. The molecule has 1 amide bonds. The summed E-state index contributed by atoms with van der Waals surface area (Å²) in [6.07, 6.45) is 3.99. The number of nitrogens with zero attached hydrogens (tertiary/aromatic N) is 1. The molecule has 1 aromatic rings. The van der Waals surface area contributed by atoms with Gasteiger partial charge in [-0.2, -0.15) is 0 Å². The number of hydrogen-bond acceptors (Lipinski definition) is 3. The highest BCUT2D eigenvalue weighted by molar-refractivity contribution is 14.1. The molecule has 1 saturated carbocycles. The Morgan fingerprint density at radius 3 is 2.68 bits per heavy atom. The molecular formula is C13H15IN2O3. The van der Waals surface area contributed by atoms with E-state index in [4.69, 9.17) is 0 Å². The second-order valence-electron chi connectivity index (χ2n) is 4.86. The highest BCUT2D eigenvalue weighted by atomic mass is 127. The molecule has 0 atom stereocenters.